The zero-order valence-corrected chi connectivity index (χ0v) is 9.35. The molecule has 0 bridgehead atoms. The molecule has 0 saturated heterocycles. The molecule has 1 aliphatic rings. The van der Waals surface area contributed by atoms with Crippen molar-refractivity contribution < 1.29 is 14.7 Å². The molecule has 1 aromatic rings. The van der Waals surface area contributed by atoms with Crippen molar-refractivity contribution in [1.29, 1.82) is 0 Å². The van der Waals surface area contributed by atoms with Gasteiger partial charge < -0.3 is 10.4 Å². The highest BCUT2D eigenvalue weighted by Gasteiger charge is 2.30. The van der Waals surface area contributed by atoms with Crippen LogP contribution in [0.15, 0.2) is 12.4 Å². The molecule has 6 nitrogen and oxygen atoms in total. The summed E-state index contributed by atoms with van der Waals surface area (Å²) in [5.41, 5.74) is 0.618. The standard InChI is InChI=1S/C11H15N3O3/c15-10(14-9-5-12-13-6-9)7-2-1-3-8(4-7)11(16)17/h5-8H,1-4H2,(H,12,13)(H,14,15)(H,16,17). The maximum absolute atomic E-state index is 11.9. The fourth-order valence-corrected chi connectivity index (χ4v) is 2.22. The second-order valence-electron chi connectivity index (χ2n) is 4.37. The molecule has 1 saturated carbocycles. The van der Waals surface area contributed by atoms with Crippen LogP contribution in [-0.2, 0) is 9.59 Å². The number of nitrogens with zero attached hydrogens (tertiary/aromatic N) is 1. The van der Waals surface area contributed by atoms with Gasteiger partial charge in [0, 0.05) is 12.1 Å². The first-order valence-corrected chi connectivity index (χ1v) is 5.69. The summed E-state index contributed by atoms with van der Waals surface area (Å²) in [6.07, 6.45) is 5.77. The number of aliphatic carboxylic acids is 1. The average molecular weight is 237 g/mol. The van der Waals surface area contributed by atoms with Gasteiger partial charge in [-0.2, -0.15) is 5.10 Å². The number of carboxylic acid groups (broad SMARTS) is 1. The van der Waals surface area contributed by atoms with Crippen LogP contribution in [0.2, 0.25) is 0 Å². The second-order valence-corrected chi connectivity index (χ2v) is 4.37. The SMILES string of the molecule is O=C(O)C1CCCC(C(=O)Nc2cn[nH]c2)C1. The lowest BCUT2D eigenvalue weighted by Crippen LogP contribution is -2.30. The zero-order valence-electron chi connectivity index (χ0n) is 9.35. The van der Waals surface area contributed by atoms with Gasteiger partial charge in [-0.05, 0) is 19.3 Å². The van der Waals surface area contributed by atoms with E-state index < -0.39 is 5.97 Å². The predicted molar refractivity (Wildman–Crippen MR) is 60.3 cm³/mol. The number of carbonyl (C=O) groups excluding carboxylic acids is 1. The van der Waals surface area contributed by atoms with Crippen LogP contribution in [0.25, 0.3) is 0 Å². The smallest absolute Gasteiger partial charge is 0.306 e. The average Bonchev–Trinajstić information content (AvgIpc) is 2.82. The molecule has 1 aliphatic carbocycles. The molecule has 1 fully saturated rings. The van der Waals surface area contributed by atoms with Gasteiger partial charge in [0.2, 0.25) is 5.91 Å². The Morgan fingerprint density at radius 1 is 1.41 bits per heavy atom. The molecule has 6 heteroatoms. The van der Waals surface area contributed by atoms with Crippen molar-refractivity contribution >= 4 is 17.6 Å². The number of rotatable bonds is 3. The van der Waals surface area contributed by atoms with Crippen molar-refractivity contribution in [3.05, 3.63) is 12.4 Å². The van der Waals surface area contributed by atoms with E-state index in [-0.39, 0.29) is 17.7 Å². The third-order valence-electron chi connectivity index (χ3n) is 3.16. The topological polar surface area (TPSA) is 95.1 Å². The number of hydrogen-bond acceptors (Lipinski definition) is 3. The van der Waals surface area contributed by atoms with Crippen molar-refractivity contribution in [2.24, 2.45) is 11.8 Å². The molecule has 0 radical (unpaired) electrons. The van der Waals surface area contributed by atoms with Crippen molar-refractivity contribution in [3.8, 4) is 0 Å². The van der Waals surface area contributed by atoms with Crippen molar-refractivity contribution in [1.82, 2.24) is 10.2 Å². The first kappa shape index (κ1) is 11.6. The van der Waals surface area contributed by atoms with E-state index in [1.54, 1.807) is 6.20 Å². The molecule has 2 atom stereocenters. The van der Waals surface area contributed by atoms with Gasteiger partial charge in [-0.1, -0.05) is 6.42 Å². The molecule has 17 heavy (non-hydrogen) atoms. The first-order valence-electron chi connectivity index (χ1n) is 5.69. The van der Waals surface area contributed by atoms with E-state index in [9.17, 15) is 9.59 Å². The fraction of sp³-hybridized carbons (Fsp3) is 0.545. The number of aromatic amines is 1. The number of carbonyl (C=O) groups is 2. The van der Waals surface area contributed by atoms with E-state index in [0.717, 1.165) is 12.8 Å². The molecule has 0 spiro atoms. The van der Waals surface area contributed by atoms with Crippen LogP contribution in [0, 0.1) is 11.8 Å². The molecule has 0 aromatic carbocycles. The van der Waals surface area contributed by atoms with Crippen LogP contribution < -0.4 is 5.32 Å². The lowest BCUT2D eigenvalue weighted by atomic mass is 9.81. The molecule has 2 rings (SSSR count). The van der Waals surface area contributed by atoms with E-state index in [1.807, 2.05) is 0 Å². The van der Waals surface area contributed by atoms with Crippen LogP contribution >= 0.6 is 0 Å². The summed E-state index contributed by atoms with van der Waals surface area (Å²) >= 11 is 0. The van der Waals surface area contributed by atoms with Crippen molar-refractivity contribution in [3.63, 3.8) is 0 Å². The van der Waals surface area contributed by atoms with Gasteiger partial charge in [-0.15, -0.1) is 0 Å². The lowest BCUT2D eigenvalue weighted by molar-refractivity contribution is -0.143. The third kappa shape index (κ3) is 2.83. The number of nitrogens with one attached hydrogen (secondary N) is 2. The minimum atomic E-state index is -0.800. The van der Waals surface area contributed by atoms with Crippen molar-refractivity contribution in [2.75, 3.05) is 5.32 Å². The van der Waals surface area contributed by atoms with Gasteiger partial charge >= 0.3 is 5.97 Å². The zero-order chi connectivity index (χ0) is 12.3. The molecular weight excluding hydrogens is 222 g/mol. The number of carboxylic acids is 1. The molecule has 0 aliphatic heterocycles. The minimum Gasteiger partial charge on any atom is -0.481 e. The summed E-state index contributed by atoms with van der Waals surface area (Å²) in [5.74, 6) is -1.51. The molecule has 1 heterocycles. The molecule has 2 unspecified atom stereocenters. The number of aromatic nitrogens is 2. The van der Waals surface area contributed by atoms with Gasteiger partial charge in [0.1, 0.15) is 0 Å². The van der Waals surface area contributed by atoms with Gasteiger partial charge in [-0.25, -0.2) is 0 Å². The largest absolute Gasteiger partial charge is 0.481 e. The highest BCUT2D eigenvalue weighted by atomic mass is 16.4. The number of anilines is 1. The van der Waals surface area contributed by atoms with Gasteiger partial charge in [0.25, 0.3) is 0 Å². The maximum atomic E-state index is 11.9. The Labute approximate surface area is 98.4 Å². The normalized spacial score (nSPS) is 24.2. The Morgan fingerprint density at radius 2 is 2.18 bits per heavy atom. The molecule has 3 N–H and O–H groups in total. The summed E-state index contributed by atoms with van der Waals surface area (Å²) < 4.78 is 0. The Morgan fingerprint density at radius 3 is 2.82 bits per heavy atom. The maximum Gasteiger partial charge on any atom is 0.306 e. The van der Waals surface area contributed by atoms with E-state index in [4.69, 9.17) is 5.11 Å². The Bertz CT molecular complexity index is 402. The van der Waals surface area contributed by atoms with Crippen molar-refractivity contribution in [2.45, 2.75) is 25.7 Å². The number of H-pyrrole nitrogens is 1. The molecule has 1 amide bonds. The van der Waals surface area contributed by atoms with Crippen LogP contribution in [0.5, 0.6) is 0 Å². The van der Waals surface area contributed by atoms with Crippen LogP contribution in [0.4, 0.5) is 5.69 Å². The second kappa shape index (κ2) is 4.99. The summed E-state index contributed by atoms with van der Waals surface area (Å²) in [7, 11) is 0. The number of hydrogen-bond donors (Lipinski definition) is 3. The Kier molecular flexibility index (Phi) is 3.41. The molecular formula is C11H15N3O3. The Hall–Kier alpha value is -1.85. The fourth-order valence-electron chi connectivity index (χ4n) is 2.22. The third-order valence-corrected chi connectivity index (χ3v) is 3.16. The summed E-state index contributed by atoms with van der Waals surface area (Å²) in [6.45, 7) is 0. The Balaban J connectivity index is 1.93. The van der Waals surface area contributed by atoms with E-state index >= 15 is 0 Å². The van der Waals surface area contributed by atoms with Gasteiger partial charge in [-0.3, -0.25) is 14.7 Å². The van der Waals surface area contributed by atoms with Crippen LogP contribution in [0.1, 0.15) is 25.7 Å². The summed E-state index contributed by atoms with van der Waals surface area (Å²) in [6, 6.07) is 0. The lowest BCUT2D eigenvalue weighted by Gasteiger charge is -2.25. The predicted octanol–water partition coefficient (Wildman–Crippen LogP) is 1.24. The summed E-state index contributed by atoms with van der Waals surface area (Å²) in [4.78, 5) is 22.8. The van der Waals surface area contributed by atoms with E-state index in [2.05, 4.69) is 15.5 Å². The number of amides is 1. The highest BCUT2D eigenvalue weighted by molar-refractivity contribution is 5.92. The van der Waals surface area contributed by atoms with E-state index in [0.29, 0.717) is 18.5 Å². The molecule has 92 valence electrons. The van der Waals surface area contributed by atoms with Crippen LogP contribution in [-0.4, -0.2) is 27.2 Å². The quantitative estimate of drug-likeness (QED) is 0.737. The monoisotopic (exact) mass is 237 g/mol. The van der Waals surface area contributed by atoms with E-state index in [1.165, 1.54) is 6.20 Å². The van der Waals surface area contributed by atoms with Gasteiger partial charge in [0.05, 0.1) is 17.8 Å². The minimum absolute atomic E-state index is 0.114. The van der Waals surface area contributed by atoms with Crippen LogP contribution in [0.3, 0.4) is 0 Å². The molecule has 1 aromatic heterocycles. The summed E-state index contributed by atoms with van der Waals surface area (Å²) in [5, 5.41) is 18.0. The first-order chi connectivity index (χ1) is 8.16. The highest BCUT2D eigenvalue weighted by Crippen LogP contribution is 2.30. The van der Waals surface area contributed by atoms with Gasteiger partial charge in [0.15, 0.2) is 0 Å².